The fraction of sp³-hybridized carbons (Fsp3) is 0.609. The molecule has 10 heteroatoms. The van der Waals surface area contributed by atoms with Crippen LogP contribution in [0.3, 0.4) is 0 Å². The van der Waals surface area contributed by atoms with Crippen molar-refractivity contribution in [2.45, 2.75) is 63.4 Å². The van der Waals surface area contributed by atoms with Crippen LogP contribution in [0.1, 0.15) is 45.1 Å². The van der Waals surface area contributed by atoms with Gasteiger partial charge in [0.2, 0.25) is 5.91 Å². The number of carbonyl (C=O) groups is 1. The number of amides is 1. The van der Waals surface area contributed by atoms with E-state index in [4.69, 9.17) is 0 Å². The Kier molecular flexibility index (Phi) is 6.50. The molecule has 2 heterocycles. The highest BCUT2D eigenvalue weighted by molar-refractivity contribution is 5.91. The number of rotatable bonds is 6. The first kappa shape index (κ1) is 23.7. The van der Waals surface area contributed by atoms with Gasteiger partial charge in [-0.25, -0.2) is 9.97 Å². The third kappa shape index (κ3) is 5.55. The van der Waals surface area contributed by atoms with Gasteiger partial charge in [-0.3, -0.25) is 9.69 Å². The predicted octanol–water partition coefficient (Wildman–Crippen LogP) is 3.19. The summed E-state index contributed by atoms with van der Waals surface area (Å²) in [7, 11) is 0. The second kappa shape index (κ2) is 9.06. The Morgan fingerprint density at radius 2 is 1.85 bits per heavy atom. The van der Waals surface area contributed by atoms with Crippen LogP contribution in [0.4, 0.5) is 19.0 Å². The van der Waals surface area contributed by atoms with Gasteiger partial charge in [-0.1, -0.05) is 0 Å². The molecule has 1 aliphatic carbocycles. The van der Waals surface area contributed by atoms with Gasteiger partial charge in [-0.05, 0) is 63.6 Å². The molecule has 2 fully saturated rings. The van der Waals surface area contributed by atoms with Crippen LogP contribution in [-0.2, 0) is 11.0 Å². The van der Waals surface area contributed by atoms with Crippen LogP contribution in [0, 0.1) is 5.92 Å². The van der Waals surface area contributed by atoms with E-state index in [0.29, 0.717) is 17.5 Å². The van der Waals surface area contributed by atoms with E-state index in [9.17, 15) is 23.1 Å². The van der Waals surface area contributed by atoms with E-state index in [1.165, 1.54) is 12.4 Å². The van der Waals surface area contributed by atoms with Crippen molar-refractivity contribution in [3.8, 4) is 0 Å². The minimum absolute atomic E-state index is 0.0604. The van der Waals surface area contributed by atoms with E-state index >= 15 is 0 Å². The van der Waals surface area contributed by atoms with Crippen LogP contribution in [0.25, 0.3) is 10.9 Å². The molecular weight excluding hydrogens is 435 g/mol. The van der Waals surface area contributed by atoms with E-state index in [1.807, 2.05) is 13.8 Å². The smallest absolute Gasteiger partial charge is 0.390 e. The van der Waals surface area contributed by atoms with Crippen molar-refractivity contribution in [3.63, 3.8) is 0 Å². The summed E-state index contributed by atoms with van der Waals surface area (Å²) in [5.74, 6) is 0.297. The molecule has 0 bridgehead atoms. The Bertz CT molecular complexity index is 994. The molecule has 180 valence electrons. The third-order valence-electron chi connectivity index (χ3n) is 6.87. The number of nitrogens with zero attached hydrogens (tertiary/aromatic N) is 3. The van der Waals surface area contributed by atoms with Gasteiger partial charge >= 0.3 is 6.18 Å². The van der Waals surface area contributed by atoms with Gasteiger partial charge in [0.25, 0.3) is 0 Å². The predicted molar refractivity (Wildman–Crippen MR) is 119 cm³/mol. The number of aromatic nitrogens is 2. The lowest BCUT2D eigenvalue weighted by Gasteiger charge is -2.47. The maximum atomic E-state index is 13.0. The highest BCUT2D eigenvalue weighted by Gasteiger charge is 2.38. The van der Waals surface area contributed by atoms with Crippen LogP contribution in [-0.4, -0.2) is 63.2 Å². The normalized spacial score (nSPS) is 22.7. The number of benzene rings is 1. The molecule has 2 aromatic rings. The zero-order chi connectivity index (χ0) is 23.8. The SMILES string of the molecule is CC(C)(O)[C@H]1CC[C@H](N2CC(NC(=O)CNc3ncnc4ccc(C(F)(F)F)cc34)C2)CC1. The molecule has 0 atom stereocenters. The average molecular weight is 466 g/mol. The lowest BCUT2D eigenvalue weighted by atomic mass is 9.76. The molecule has 1 aromatic heterocycles. The third-order valence-corrected chi connectivity index (χ3v) is 6.87. The largest absolute Gasteiger partial charge is 0.416 e. The highest BCUT2D eigenvalue weighted by atomic mass is 19.4. The molecule has 1 saturated heterocycles. The van der Waals surface area contributed by atoms with E-state index in [0.717, 1.165) is 50.9 Å². The molecule has 33 heavy (non-hydrogen) atoms. The van der Waals surface area contributed by atoms with Gasteiger partial charge in [0.1, 0.15) is 12.1 Å². The van der Waals surface area contributed by atoms with Crippen molar-refractivity contribution in [3.05, 3.63) is 30.1 Å². The van der Waals surface area contributed by atoms with Crippen molar-refractivity contribution in [2.24, 2.45) is 5.92 Å². The monoisotopic (exact) mass is 465 g/mol. The average Bonchev–Trinajstić information content (AvgIpc) is 2.73. The number of likely N-dealkylation sites (tertiary alicyclic amines) is 1. The Morgan fingerprint density at radius 3 is 2.48 bits per heavy atom. The van der Waals surface area contributed by atoms with Gasteiger partial charge < -0.3 is 15.7 Å². The maximum absolute atomic E-state index is 13.0. The van der Waals surface area contributed by atoms with E-state index < -0.39 is 17.3 Å². The number of nitrogens with one attached hydrogen (secondary N) is 2. The molecule has 1 aliphatic heterocycles. The van der Waals surface area contributed by atoms with Crippen LogP contribution < -0.4 is 10.6 Å². The Balaban J connectivity index is 1.25. The summed E-state index contributed by atoms with van der Waals surface area (Å²) in [6.07, 6.45) is 0.910. The lowest BCUT2D eigenvalue weighted by Crippen LogP contribution is -2.63. The van der Waals surface area contributed by atoms with Crippen LogP contribution in [0.2, 0.25) is 0 Å². The second-order valence-electron chi connectivity index (χ2n) is 9.68. The molecule has 3 N–H and O–H groups in total. The summed E-state index contributed by atoms with van der Waals surface area (Å²) in [4.78, 5) is 22.8. The summed E-state index contributed by atoms with van der Waals surface area (Å²) in [5.41, 5.74) is -1.05. The fourth-order valence-electron chi connectivity index (χ4n) is 4.87. The number of anilines is 1. The maximum Gasteiger partial charge on any atom is 0.416 e. The number of alkyl halides is 3. The topological polar surface area (TPSA) is 90.4 Å². The molecule has 2 aliphatic rings. The molecule has 1 aromatic carbocycles. The second-order valence-corrected chi connectivity index (χ2v) is 9.68. The first-order valence-corrected chi connectivity index (χ1v) is 11.3. The van der Waals surface area contributed by atoms with Crippen molar-refractivity contribution in [1.82, 2.24) is 20.2 Å². The minimum Gasteiger partial charge on any atom is -0.390 e. The zero-order valence-corrected chi connectivity index (χ0v) is 18.8. The minimum atomic E-state index is -4.47. The van der Waals surface area contributed by atoms with Crippen molar-refractivity contribution in [2.75, 3.05) is 25.0 Å². The molecule has 7 nitrogen and oxygen atoms in total. The summed E-state index contributed by atoms with van der Waals surface area (Å²) >= 11 is 0. The van der Waals surface area contributed by atoms with Gasteiger partial charge in [-0.2, -0.15) is 13.2 Å². The standard InChI is InChI=1S/C23H30F3N5O2/c1-22(2,33)14-3-6-17(7-4-14)31-11-16(12-31)30-20(32)10-27-21-18-9-15(23(24,25)26)5-8-19(18)28-13-29-21/h5,8-9,13-14,16-17,33H,3-4,6-7,10-12H2,1-2H3,(H,30,32)(H,27,28,29)/t14-,17-. The lowest BCUT2D eigenvalue weighted by molar-refractivity contribution is -0.137. The first-order valence-electron chi connectivity index (χ1n) is 11.3. The molecular formula is C23H30F3N5O2. The number of hydrogen-bond donors (Lipinski definition) is 3. The number of hydrogen-bond acceptors (Lipinski definition) is 6. The van der Waals surface area contributed by atoms with Crippen LogP contribution in [0.15, 0.2) is 24.5 Å². The number of halogens is 3. The summed E-state index contributed by atoms with van der Waals surface area (Å²) < 4.78 is 39.1. The molecule has 0 radical (unpaired) electrons. The van der Waals surface area contributed by atoms with Gasteiger partial charge in [0.15, 0.2) is 0 Å². The van der Waals surface area contributed by atoms with Crippen molar-refractivity contribution < 1.29 is 23.1 Å². The summed E-state index contributed by atoms with van der Waals surface area (Å²) in [6.45, 7) is 5.24. The molecule has 0 unspecified atom stereocenters. The fourth-order valence-corrected chi connectivity index (χ4v) is 4.87. The van der Waals surface area contributed by atoms with Gasteiger partial charge in [0, 0.05) is 24.5 Å². The molecule has 1 amide bonds. The van der Waals surface area contributed by atoms with Crippen LogP contribution >= 0.6 is 0 Å². The Labute approximate surface area is 190 Å². The first-order chi connectivity index (χ1) is 15.5. The zero-order valence-electron chi connectivity index (χ0n) is 18.8. The van der Waals surface area contributed by atoms with Crippen molar-refractivity contribution in [1.29, 1.82) is 0 Å². The number of fused-ring (bicyclic) bond motifs is 1. The number of aliphatic hydroxyl groups is 1. The van der Waals surface area contributed by atoms with E-state index in [1.54, 1.807) is 0 Å². The van der Waals surface area contributed by atoms with Crippen molar-refractivity contribution >= 4 is 22.6 Å². The Morgan fingerprint density at radius 1 is 1.15 bits per heavy atom. The van der Waals surface area contributed by atoms with Crippen LogP contribution in [0.5, 0.6) is 0 Å². The summed E-state index contributed by atoms with van der Waals surface area (Å²) in [5, 5.41) is 16.2. The molecule has 4 rings (SSSR count). The highest BCUT2D eigenvalue weighted by Crippen LogP contribution is 2.36. The van der Waals surface area contributed by atoms with E-state index in [2.05, 4.69) is 25.5 Å². The van der Waals surface area contributed by atoms with Gasteiger partial charge in [-0.15, -0.1) is 0 Å². The summed E-state index contributed by atoms with van der Waals surface area (Å²) in [6, 6.07) is 3.82. The quantitative estimate of drug-likeness (QED) is 0.607. The molecule has 1 saturated carbocycles. The molecule has 0 spiro atoms. The Hall–Kier alpha value is -2.46. The number of carbonyl (C=O) groups excluding carboxylic acids is 1. The van der Waals surface area contributed by atoms with E-state index in [-0.39, 0.29) is 29.7 Å². The van der Waals surface area contributed by atoms with Gasteiger partial charge in [0.05, 0.1) is 29.3 Å².